The number of hydrogen-bond acceptors (Lipinski definition) is 2. The second kappa shape index (κ2) is 8.21. The van der Waals surface area contributed by atoms with Crippen LogP contribution in [0, 0.1) is 0 Å². The maximum atomic E-state index is 5.58. The molecule has 3 aromatic rings. The number of aromatic nitrogens is 2. The largest absolute Gasteiger partial charge is 0.326 e. The molecule has 0 N–H and O–H groups in total. The average Bonchev–Trinajstić information content (AvgIpc) is 3.28. The van der Waals surface area contributed by atoms with Gasteiger partial charge in [0.25, 0.3) is 0 Å². The first kappa shape index (κ1) is 18.8. The van der Waals surface area contributed by atoms with Crippen LogP contribution in [0.3, 0.4) is 0 Å². The number of nitrogens with zero attached hydrogens (tertiary/aromatic N) is 2. The molecule has 0 saturated heterocycles. The summed E-state index contributed by atoms with van der Waals surface area (Å²) >= 11 is 5.58. The minimum atomic E-state index is -1.62. The first-order valence-corrected chi connectivity index (χ1v) is 12.1. The zero-order valence-corrected chi connectivity index (χ0v) is 18.0. The number of benzene rings is 2. The third-order valence-corrected chi connectivity index (χ3v) is 9.85. The molecule has 1 aromatic heterocycles. The normalized spacial score (nSPS) is 15.3. The van der Waals surface area contributed by atoms with E-state index < -0.39 is 8.80 Å². The van der Waals surface area contributed by atoms with E-state index in [-0.39, 0.29) is 5.16 Å². The van der Waals surface area contributed by atoms with Crippen LogP contribution in [0.1, 0.15) is 24.5 Å². The predicted molar refractivity (Wildman–Crippen MR) is 123 cm³/mol. The number of allylic oxidation sites excluding steroid dienone is 4. The molecule has 0 aliphatic heterocycles. The molecule has 140 valence electrons. The zero-order chi connectivity index (χ0) is 19.4. The second-order valence-electron chi connectivity index (χ2n) is 7.15. The molecular weight excluding hydrogens is 376 g/mol. The predicted octanol–water partition coefficient (Wildman–Crippen LogP) is 5.26. The Morgan fingerprint density at radius 2 is 1.68 bits per heavy atom. The van der Waals surface area contributed by atoms with Crippen LogP contribution < -0.4 is 0 Å². The molecular formula is C24H24N2SSi. The van der Waals surface area contributed by atoms with E-state index in [1.165, 1.54) is 16.3 Å². The smallest absolute Gasteiger partial charge is 0.112 e. The molecule has 1 aliphatic carbocycles. The van der Waals surface area contributed by atoms with Crippen molar-refractivity contribution in [2.24, 2.45) is 0 Å². The summed E-state index contributed by atoms with van der Waals surface area (Å²) in [6.07, 6.45) is 13.6. The Labute approximate surface area is 173 Å². The van der Waals surface area contributed by atoms with Crippen molar-refractivity contribution in [1.82, 2.24) is 9.55 Å². The maximum absolute atomic E-state index is 5.58. The molecule has 0 bridgehead atoms. The molecule has 1 aliphatic rings. The van der Waals surface area contributed by atoms with Gasteiger partial charge in [-0.2, -0.15) is 0 Å². The Balaban J connectivity index is 2.05. The summed E-state index contributed by atoms with van der Waals surface area (Å²) in [5.41, 5.74) is 2.62. The second-order valence-corrected chi connectivity index (χ2v) is 11.1. The van der Waals surface area contributed by atoms with Crippen molar-refractivity contribution in [2.45, 2.75) is 24.6 Å². The monoisotopic (exact) mass is 400 g/mol. The summed E-state index contributed by atoms with van der Waals surface area (Å²) < 4.78 is 2.32. The average molecular weight is 401 g/mol. The highest BCUT2D eigenvalue weighted by Crippen LogP contribution is 2.41. The van der Waals surface area contributed by atoms with Crippen molar-refractivity contribution < 1.29 is 0 Å². The molecule has 1 unspecified atom stereocenters. The number of thiocarbonyl (C=S) groups is 1. The summed E-state index contributed by atoms with van der Waals surface area (Å²) in [7, 11) is -1.62. The van der Waals surface area contributed by atoms with Gasteiger partial charge in [0.2, 0.25) is 0 Å². The van der Waals surface area contributed by atoms with Gasteiger partial charge in [-0.15, -0.1) is 0 Å². The van der Waals surface area contributed by atoms with Gasteiger partial charge in [0, 0.05) is 23.7 Å². The molecule has 4 heteroatoms. The van der Waals surface area contributed by atoms with E-state index in [4.69, 9.17) is 12.2 Å². The quantitative estimate of drug-likeness (QED) is 0.415. The van der Waals surface area contributed by atoms with E-state index in [0.29, 0.717) is 0 Å². The lowest BCUT2D eigenvalue weighted by molar-refractivity contribution is 0.582. The van der Waals surface area contributed by atoms with Crippen molar-refractivity contribution in [2.75, 3.05) is 0 Å². The van der Waals surface area contributed by atoms with E-state index in [2.05, 4.69) is 102 Å². The van der Waals surface area contributed by atoms with Gasteiger partial charge in [-0.25, -0.2) is 4.98 Å². The summed E-state index contributed by atoms with van der Waals surface area (Å²) in [6, 6.07) is 22.9. The van der Waals surface area contributed by atoms with Gasteiger partial charge in [-0.3, -0.25) is 0 Å². The minimum Gasteiger partial charge on any atom is -0.326 e. The van der Waals surface area contributed by atoms with Crippen molar-refractivity contribution in [3.8, 4) is 0 Å². The molecule has 0 amide bonds. The standard InChI is InChI=1S/C24H24N2SSi/c1-2-28(23-15-9-14-22(27)18-23)24(26-17-16-25-19-26,20-10-5-3-6-11-20)21-12-7-4-8-13-21/h3-13,15-19,28H,2,14H2,1H3. The molecule has 2 aromatic carbocycles. The van der Waals surface area contributed by atoms with Crippen LogP contribution >= 0.6 is 12.2 Å². The molecule has 1 atom stereocenters. The molecule has 28 heavy (non-hydrogen) atoms. The SMILES string of the molecule is CC[SiH](C1=CC(=S)CC=C1)C(c1ccccc1)(c1ccccc1)n1ccnc1. The van der Waals surface area contributed by atoms with Gasteiger partial charge >= 0.3 is 0 Å². The highest BCUT2D eigenvalue weighted by Gasteiger charge is 2.45. The maximum Gasteiger partial charge on any atom is 0.112 e. The molecule has 0 radical (unpaired) electrons. The fourth-order valence-corrected chi connectivity index (χ4v) is 8.86. The Morgan fingerprint density at radius 3 is 2.18 bits per heavy atom. The zero-order valence-electron chi connectivity index (χ0n) is 16.0. The van der Waals surface area contributed by atoms with Crippen molar-refractivity contribution in [1.29, 1.82) is 0 Å². The van der Waals surface area contributed by atoms with Crippen LogP contribution in [-0.4, -0.2) is 23.2 Å². The van der Waals surface area contributed by atoms with Crippen LogP contribution in [0.4, 0.5) is 0 Å². The summed E-state index contributed by atoms with van der Waals surface area (Å²) in [4.78, 5) is 5.47. The minimum absolute atomic E-state index is 0.267. The van der Waals surface area contributed by atoms with Crippen LogP contribution in [0.5, 0.6) is 0 Å². The first-order chi connectivity index (χ1) is 13.8. The molecule has 0 fully saturated rings. The Bertz CT molecular complexity index is 952. The van der Waals surface area contributed by atoms with Gasteiger partial charge < -0.3 is 4.57 Å². The van der Waals surface area contributed by atoms with Crippen molar-refractivity contribution in [3.63, 3.8) is 0 Å². The van der Waals surface area contributed by atoms with Crippen molar-refractivity contribution in [3.05, 3.63) is 114 Å². The number of hydrogen-bond donors (Lipinski definition) is 0. The highest BCUT2D eigenvalue weighted by molar-refractivity contribution is 7.80. The first-order valence-electron chi connectivity index (χ1n) is 9.77. The van der Waals surface area contributed by atoms with Gasteiger partial charge in [0.15, 0.2) is 0 Å². The lowest BCUT2D eigenvalue weighted by Crippen LogP contribution is -2.50. The Morgan fingerprint density at radius 1 is 1.04 bits per heavy atom. The van der Waals surface area contributed by atoms with Crippen molar-refractivity contribution >= 4 is 25.9 Å². The van der Waals surface area contributed by atoms with Crippen LogP contribution in [0.15, 0.2) is 103 Å². The molecule has 2 nitrogen and oxygen atoms in total. The molecule has 0 saturated carbocycles. The molecule has 4 rings (SSSR count). The molecule has 0 spiro atoms. The highest BCUT2D eigenvalue weighted by atomic mass is 32.1. The topological polar surface area (TPSA) is 17.8 Å². The summed E-state index contributed by atoms with van der Waals surface area (Å²) in [5.74, 6) is 0. The van der Waals surface area contributed by atoms with Gasteiger partial charge in [0.1, 0.15) is 8.80 Å². The van der Waals surface area contributed by atoms with Gasteiger partial charge in [-0.05, 0) is 17.2 Å². The van der Waals surface area contributed by atoms with Gasteiger partial charge in [-0.1, -0.05) is 103 Å². The van der Waals surface area contributed by atoms with Crippen LogP contribution in [-0.2, 0) is 5.16 Å². The lowest BCUT2D eigenvalue weighted by Gasteiger charge is -2.43. The summed E-state index contributed by atoms with van der Waals surface area (Å²) in [5, 5.41) is 1.15. The van der Waals surface area contributed by atoms with Gasteiger partial charge in [0.05, 0.1) is 11.5 Å². The van der Waals surface area contributed by atoms with E-state index >= 15 is 0 Å². The van der Waals surface area contributed by atoms with E-state index in [9.17, 15) is 0 Å². The Kier molecular flexibility index (Phi) is 5.51. The number of imidazole rings is 1. The fourth-order valence-electron chi connectivity index (χ4n) is 4.49. The molecule has 1 heterocycles. The third kappa shape index (κ3) is 3.23. The number of rotatable bonds is 6. The third-order valence-electron chi connectivity index (χ3n) is 5.61. The van der Waals surface area contributed by atoms with E-state index in [1.807, 2.05) is 12.5 Å². The van der Waals surface area contributed by atoms with E-state index in [0.717, 1.165) is 17.3 Å². The van der Waals surface area contributed by atoms with Crippen LogP contribution in [0.25, 0.3) is 0 Å². The summed E-state index contributed by atoms with van der Waals surface area (Å²) in [6.45, 7) is 2.32. The lowest BCUT2D eigenvalue weighted by atomic mass is 9.97. The fraction of sp³-hybridized carbons (Fsp3) is 0.167. The van der Waals surface area contributed by atoms with Crippen LogP contribution in [0.2, 0.25) is 6.04 Å². The van der Waals surface area contributed by atoms with E-state index in [1.54, 1.807) is 0 Å². The Hall–Kier alpha value is -2.56.